The number of Topliss-reactive ketones (excluding diaryl/α,β-unsaturated/α-hetero) is 1. The fourth-order valence-electron chi connectivity index (χ4n) is 3.93. The highest BCUT2D eigenvalue weighted by molar-refractivity contribution is 5.75. The van der Waals surface area contributed by atoms with Gasteiger partial charge in [-0.25, -0.2) is 0 Å². The Morgan fingerprint density at radius 2 is 1.03 bits per heavy atom. The molecule has 0 aliphatic heterocycles. The van der Waals surface area contributed by atoms with Crippen molar-refractivity contribution in [3.63, 3.8) is 0 Å². The van der Waals surface area contributed by atoms with E-state index in [1.165, 1.54) is 83.5 Å². The number of benzene rings is 1. The maximum atomic E-state index is 11.2. The van der Waals surface area contributed by atoms with Crippen molar-refractivity contribution in [3.8, 4) is 0 Å². The Bertz CT molecular complexity index is 570. The summed E-state index contributed by atoms with van der Waals surface area (Å²) >= 11 is 0. The minimum atomic E-state index is -0.0412. The van der Waals surface area contributed by atoms with Gasteiger partial charge in [-0.1, -0.05) is 120 Å². The molecule has 1 N–H and O–H groups in total. The fourth-order valence-corrected chi connectivity index (χ4v) is 3.93. The molecule has 0 aromatic heterocycles. The number of carbonyl (C=O) groups is 2. The predicted octanol–water partition coefficient (Wildman–Crippen LogP) is 8.34. The first-order chi connectivity index (χ1) is 16.6. The summed E-state index contributed by atoms with van der Waals surface area (Å²) in [4.78, 5) is 22.0. The molecule has 1 aromatic carbocycles. The van der Waals surface area contributed by atoms with Gasteiger partial charge < -0.3 is 14.6 Å². The van der Waals surface area contributed by atoms with Gasteiger partial charge in [-0.05, 0) is 32.3 Å². The highest BCUT2D eigenvalue weighted by Gasteiger charge is 2.00. The second-order valence-corrected chi connectivity index (χ2v) is 9.31. The van der Waals surface area contributed by atoms with Crippen LogP contribution in [-0.2, 0) is 20.9 Å². The van der Waals surface area contributed by atoms with Crippen LogP contribution in [0.15, 0.2) is 30.3 Å². The summed E-state index contributed by atoms with van der Waals surface area (Å²) in [6.45, 7) is 4.19. The summed E-state index contributed by atoms with van der Waals surface area (Å²) in [6, 6.07) is 9.52. The van der Waals surface area contributed by atoms with Crippen LogP contribution < -0.4 is 0 Å². The molecule has 4 nitrogen and oxygen atoms in total. The Hall–Kier alpha value is -1.68. The second kappa shape index (κ2) is 25.9. The first-order valence-corrected chi connectivity index (χ1v) is 13.9. The number of ketones is 1. The molecule has 1 aromatic rings. The van der Waals surface area contributed by atoms with Crippen LogP contribution in [0.2, 0.25) is 0 Å². The molecule has 34 heavy (non-hydrogen) atoms. The van der Waals surface area contributed by atoms with E-state index in [1.54, 1.807) is 6.92 Å². The molecule has 4 heteroatoms. The summed E-state index contributed by atoms with van der Waals surface area (Å²) < 4.78 is 4.93. The number of unbranched alkanes of at least 4 members (excludes halogenated alkanes) is 15. The van der Waals surface area contributed by atoms with E-state index in [0.717, 1.165) is 31.2 Å². The molecule has 0 bridgehead atoms. The number of esters is 1. The van der Waals surface area contributed by atoms with Gasteiger partial charge in [0.05, 0.1) is 13.2 Å². The van der Waals surface area contributed by atoms with Crippen molar-refractivity contribution in [2.45, 2.75) is 136 Å². The Morgan fingerprint density at radius 1 is 0.647 bits per heavy atom. The van der Waals surface area contributed by atoms with E-state index in [4.69, 9.17) is 9.84 Å². The zero-order valence-corrected chi connectivity index (χ0v) is 22.2. The Morgan fingerprint density at radius 3 is 1.35 bits per heavy atom. The minimum absolute atomic E-state index is 0.0412. The van der Waals surface area contributed by atoms with Crippen LogP contribution in [0, 0.1) is 0 Å². The SMILES string of the molecule is CCOC(=O)CCCCCCCCCCCCCCCCCCC(C)=O.OCc1ccccc1. The van der Waals surface area contributed by atoms with E-state index < -0.39 is 0 Å². The van der Waals surface area contributed by atoms with Crippen molar-refractivity contribution in [1.82, 2.24) is 0 Å². The fraction of sp³-hybridized carbons (Fsp3) is 0.733. The van der Waals surface area contributed by atoms with Crippen LogP contribution in [0.3, 0.4) is 0 Å². The molecule has 0 saturated heterocycles. The molecule has 196 valence electrons. The van der Waals surface area contributed by atoms with E-state index in [0.29, 0.717) is 18.8 Å². The zero-order valence-electron chi connectivity index (χ0n) is 22.2. The average molecular weight is 477 g/mol. The highest BCUT2D eigenvalue weighted by atomic mass is 16.5. The third-order valence-electron chi connectivity index (χ3n) is 5.99. The molecule has 0 saturated carbocycles. The van der Waals surface area contributed by atoms with Crippen LogP contribution >= 0.6 is 0 Å². The lowest BCUT2D eigenvalue weighted by atomic mass is 10.0. The number of carbonyl (C=O) groups excluding carboxylic acids is 2. The summed E-state index contributed by atoms with van der Waals surface area (Å²) in [5, 5.41) is 8.54. The van der Waals surface area contributed by atoms with Crippen LogP contribution in [-0.4, -0.2) is 23.5 Å². The van der Waals surface area contributed by atoms with E-state index in [2.05, 4.69) is 0 Å². The number of hydrogen-bond donors (Lipinski definition) is 1. The lowest BCUT2D eigenvalue weighted by Gasteiger charge is -2.04. The molecule has 0 heterocycles. The molecule has 0 atom stereocenters. The number of ether oxygens (including phenoxy) is 1. The maximum absolute atomic E-state index is 11.2. The van der Waals surface area contributed by atoms with Gasteiger partial charge in [0.1, 0.15) is 5.78 Å². The van der Waals surface area contributed by atoms with Gasteiger partial charge in [-0.3, -0.25) is 4.79 Å². The standard InChI is InChI=1S/C23H44O3.C7H8O/c1-3-26-23(25)21-19-17-15-13-11-9-7-5-4-6-8-10-12-14-16-18-20-22(2)24;8-6-7-4-2-1-3-5-7/h3-21H2,1-2H3;1-5,8H,6H2. The third-order valence-corrected chi connectivity index (χ3v) is 5.99. The van der Waals surface area contributed by atoms with Crippen molar-refractivity contribution in [2.75, 3.05) is 6.61 Å². The van der Waals surface area contributed by atoms with Crippen LogP contribution in [0.1, 0.15) is 135 Å². The lowest BCUT2D eigenvalue weighted by molar-refractivity contribution is -0.143. The van der Waals surface area contributed by atoms with Gasteiger partial charge in [0.15, 0.2) is 0 Å². The van der Waals surface area contributed by atoms with Crippen LogP contribution in [0.5, 0.6) is 0 Å². The van der Waals surface area contributed by atoms with E-state index >= 15 is 0 Å². The molecule has 0 spiro atoms. The number of rotatable bonds is 21. The van der Waals surface area contributed by atoms with Crippen LogP contribution in [0.4, 0.5) is 0 Å². The normalized spacial score (nSPS) is 10.4. The molecule has 0 aliphatic carbocycles. The largest absolute Gasteiger partial charge is 0.466 e. The minimum Gasteiger partial charge on any atom is -0.466 e. The smallest absolute Gasteiger partial charge is 0.305 e. The zero-order chi connectivity index (χ0) is 25.1. The predicted molar refractivity (Wildman–Crippen MR) is 143 cm³/mol. The summed E-state index contributed by atoms with van der Waals surface area (Å²) in [6.07, 6.45) is 22.0. The highest BCUT2D eigenvalue weighted by Crippen LogP contribution is 2.14. The molecule has 0 aliphatic rings. The van der Waals surface area contributed by atoms with E-state index in [1.807, 2.05) is 37.3 Å². The molecule has 1 rings (SSSR count). The molecular weight excluding hydrogens is 424 g/mol. The van der Waals surface area contributed by atoms with Crippen molar-refractivity contribution in [3.05, 3.63) is 35.9 Å². The van der Waals surface area contributed by atoms with Gasteiger partial charge >= 0.3 is 5.97 Å². The van der Waals surface area contributed by atoms with Gasteiger partial charge in [0, 0.05) is 12.8 Å². The quantitative estimate of drug-likeness (QED) is 0.143. The van der Waals surface area contributed by atoms with Gasteiger partial charge in [-0.2, -0.15) is 0 Å². The van der Waals surface area contributed by atoms with Crippen LogP contribution in [0.25, 0.3) is 0 Å². The summed E-state index contributed by atoms with van der Waals surface area (Å²) in [5.41, 5.74) is 0.965. The lowest BCUT2D eigenvalue weighted by Crippen LogP contribution is -2.03. The first kappa shape index (κ1) is 32.3. The number of aliphatic hydroxyl groups is 1. The van der Waals surface area contributed by atoms with Crippen molar-refractivity contribution >= 4 is 11.8 Å². The van der Waals surface area contributed by atoms with E-state index in [-0.39, 0.29) is 12.6 Å². The average Bonchev–Trinajstić information content (AvgIpc) is 2.84. The Balaban J connectivity index is 0.00000113. The Kier molecular flexibility index (Phi) is 24.7. The van der Waals surface area contributed by atoms with E-state index in [9.17, 15) is 9.59 Å². The summed E-state index contributed by atoms with van der Waals surface area (Å²) in [5.74, 6) is 0.291. The van der Waals surface area contributed by atoms with Crippen molar-refractivity contribution < 1.29 is 19.4 Å². The maximum Gasteiger partial charge on any atom is 0.305 e. The van der Waals surface area contributed by atoms with Crippen molar-refractivity contribution in [2.24, 2.45) is 0 Å². The topological polar surface area (TPSA) is 63.6 Å². The number of aliphatic hydroxyl groups excluding tert-OH is 1. The number of hydrogen-bond acceptors (Lipinski definition) is 4. The monoisotopic (exact) mass is 476 g/mol. The van der Waals surface area contributed by atoms with Gasteiger partial charge in [0.25, 0.3) is 0 Å². The molecule has 0 amide bonds. The van der Waals surface area contributed by atoms with Gasteiger partial charge in [-0.15, -0.1) is 0 Å². The van der Waals surface area contributed by atoms with Gasteiger partial charge in [0.2, 0.25) is 0 Å². The first-order valence-electron chi connectivity index (χ1n) is 13.9. The Labute approximate surface area is 209 Å². The second-order valence-electron chi connectivity index (χ2n) is 9.31. The van der Waals surface area contributed by atoms with Crippen molar-refractivity contribution in [1.29, 1.82) is 0 Å². The third kappa shape index (κ3) is 25.0. The molecule has 0 unspecified atom stereocenters. The summed E-state index contributed by atoms with van der Waals surface area (Å²) in [7, 11) is 0. The molecule has 0 fully saturated rings. The molecular formula is C30H52O4. The molecule has 0 radical (unpaired) electrons.